The normalized spacial score (nSPS) is 15.4. The van der Waals surface area contributed by atoms with Gasteiger partial charge in [-0.05, 0) is 24.3 Å². The van der Waals surface area contributed by atoms with E-state index in [-0.39, 0.29) is 5.91 Å². The SMILES string of the molecule is O=C(CN1CCN(c2cccc(F)n2)CC1)Nc1ccccc1. The fourth-order valence-electron chi connectivity index (χ4n) is 2.63. The number of hydrogen-bond acceptors (Lipinski definition) is 4. The van der Waals surface area contributed by atoms with E-state index in [0.29, 0.717) is 12.4 Å². The molecule has 1 amide bonds. The lowest BCUT2D eigenvalue weighted by molar-refractivity contribution is -0.117. The van der Waals surface area contributed by atoms with Crippen molar-refractivity contribution >= 4 is 17.4 Å². The van der Waals surface area contributed by atoms with Gasteiger partial charge in [-0.1, -0.05) is 24.3 Å². The average Bonchev–Trinajstić information content (AvgIpc) is 2.56. The summed E-state index contributed by atoms with van der Waals surface area (Å²) >= 11 is 0. The molecular formula is C17H19FN4O. The summed E-state index contributed by atoms with van der Waals surface area (Å²) in [7, 11) is 0. The Bertz CT molecular complexity index is 657. The van der Waals surface area contributed by atoms with Crippen molar-refractivity contribution in [3.8, 4) is 0 Å². The zero-order valence-corrected chi connectivity index (χ0v) is 12.8. The first-order valence-corrected chi connectivity index (χ1v) is 7.65. The number of nitrogens with zero attached hydrogens (tertiary/aromatic N) is 3. The van der Waals surface area contributed by atoms with Gasteiger partial charge in [0.2, 0.25) is 11.9 Å². The first kappa shape index (κ1) is 15.4. The van der Waals surface area contributed by atoms with Crippen molar-refractivity contribution in [3.63, 3.8) is 0 Å². The minimum absolute atomic E-state index is 0.0199. The van der Waals surface area contributed by atoms with Gasteiger partial charge in [-0.25, -0.2) is 4.98 Å². The molecule has 0 saturated carbocycles. The standard InChI is InChI=1S/C17H19FN4O/c18-15-7-4-8-16(20-15)22-11-9-21(10-12-22)13-17(23)19-14-5-2-1-3-6-14/h1-8H,9-13H2,(H,19,23). The van der Waals surface area contributed by atoms with Crippen LogP contribution in [-0.4, -0.2) is 48.5 Å². The van der Waals surface area contributed by atoms with E-state index >= 15 is 0 Å². The van der Waals surface area contributed by atoms with Gasteiger partial charge < -0.3 is 10.2 Å². The van der Waals surface area contributed by atoms with Crippen LogP contribution in [0.1, 0.15) is 0 Å². The van der Waals surface area contributed by atoms with Crippen LogP contribution in [-0.2, 0) is 4.79 Å². The highest BCUT2D eigenvalue weighted by molar-refractivity contribution is 5.92. The van der Waals surface area contributed by atoms with Gasteiger partial charge in [-0.2, -0.15) is 4.39 Å². The highest BCUT2D eigenvalue weighted by Gasteiger charge is 2.20. The van der Waals surface area contributed by atoms with Gasteiger partial charge >= 0.3 is 0 Å². The van der Waals surface area contributed by atoms with Gasteiger partial charge in [0.05, 0.1) is 6.54 Å². The fourth-order valence-corrected chi connectivity index (χ4v) is 2.63. The lowest BCUT2D eigenvalue weighted by Gasteiger charge is -2.34. The first-order chi connectivity index (χ1) is 11.2. The largest absolute Gasteiger partial charge is 0.354 e. The number of anilines is 2. The quantitative estimate of drug-likeness (QED) is 0.877. The number of nitrogens with one attached hydrogen (secondary N) is 1. The molecule has 0 aliphatic carbocycles. The molecule has 1 aromatic heterocycles. The van der Waals surface area contributed by atoms with Crippen LogP contribution in [0, 0.1) is 5.95 Å². The highest BCUT2D eigenvalue weighted by atomic mass is 19.1. The predicted molar refractivity (Wildman–Crippen MR) is 87.9 cm³/mol. The lowest BCUT2D eigenvalue weighted by atomic mass is 10.3. The van der Waals surface area contributed by atoms with Crippen LogP contribution in [0.5, 0.6) is 0 Å². The Morgan fingerprint density at radius 2 is 1.78 bits per heavy atom. The molecule has 5 nitrogen and oxygen atoms in total. The van der Waals surface area contributed by atoms with E-state index < -0.39 is 5.95 Å². The van der Waals surface area contributed by atoms with Crippen molar-refractivity contribution in [2.45, 2.75) is 0 Å². The Labute approximate surface area is 134 Å². The maximum Gasteiger partial charge on any atom is 0.238 e. The van der Waals surface area contributed by atoms with Crippen LogP contribution < -0.4 is 10.2 Å². The summed E-state index contributed by atoms with van der Waals surface area (Å²) in [5.41, 5.74) is 0.806. The van der Waals surface area contributed by atoms with Gasteiger partial charge in [0.15, 0.2) is 0 Å². The van der Waals surface area contributed by atoms with Gasteiger partial charge in [0.25, 0.3) is 0 Å². The van der Waals surface area contributed by atoms with Crippen LogP contribution in [0.2, 0.25) is 0 Å². The maximum atomic E-state index is 13.2. The molecule has 23 heavy (non-hydrogen) atoms. The Balaban J connectivity index is 1.48. The average molecular weight is 314 g/mol. The van der Waals surface area contributed by atoms with Crippen LogP contribution in [0.15, 0.2) is 48.5 Å². The molecule has 6 heteroatoms. The summed E-state index contributed by atoms with van der Waals surface area (Å²) in [6.07, 6.45) is 0. The summed E-state index contributed by atoms with van der Waals surface area (Å²) in [6, 6.07) is 14.2. The van der Waals surface area contributed by atoms with Crippen molar-refractivity contribution in [1.29, 1.82) is 0 Å². The third-order valence-corrected chi connectivity index (χ3v) is 3.82. The number of halogens is 1. The molecule has 1 aliphatic rings. The Hall–Kier alpha value is -2.47. The second-order valence-corrected chi connectivity index (χ2v) is 5.50. The third-order valence-electron chi connectivity index (χ3n) is 3.82. The van der Waals surface area contributed by atoms with Crippen molar-refractivity contribution in [2.75, 3.05) is 42.9 Å². The van der Waals surface area contributed by atoms with Crippen LogP contribution >= 0.6 is 0 Å². The summed E-state index contributed by atoms with van der Waals surface area (Å²) < 4.78 is 13.2. The summed E-state index contributed by atoms with van der Waals surface area (Å²) in [5, 5.41) is 2.88. The monoisotopic (exact) mass is 314 g/mol. The van der Waals surface area contributed by atoms with E-state index in [2.05, 4.69) is 15.2 Å². The van der Waals surface area contributed by atoms with Crippen molar-refractivity contribution in [2.24, 2.45) is 0 Å². The molecule has 1 N–H and O–H groups in total. The van der Waals surface area contributed by atoms with Crippen LogP contribution in [0.3, 0.4) is 0 Å². The fraction of sp³-hybridized carbons (Fsp3) is 0.294. The molecule has 0 unspecified atom stereocenters. The molecule has 1 fully saturated rings. The summed E-state index contributed by atoms with van der Waals surface area (Å²) in [6.45, 7) is 3.32. The Kier molecular flexibility index (Phi) is 4.83. The number of aromatic nitrogens is 1. The molecule has 1 aromatic carbocycles. The molecule has 0 atom stereocenters. The molecule has 0 radical (unpaired) electrons. The van der Waals surface area contributed by atoms with Gasteiger partial charge in [0.1, 0.15) is 5.82 Å². The van der Waals surface area contributed by atoms with Gasteiger partial charge in [-0.15, -0.1) is 0 Å². The molecule has 2 heterocycles. The maximum absolute atomic E-state index is 13.2. The van der Waals surface area contributed by atoms with E-state index in [4.69, 9.17) is 0 Å². The molecular weight excluding hydrogens is 295 g/mol. The summed E-state index contributed by atoms with van der Waals surface area (Å²) in [5.74, 6) is 0.166. The predicted octanol–water partition coefficient (Wildman–Crippen LogP) is 1.98. The van der Waals surface area contributed by atoms with E-state index in [1.165, 1.54) is 6.07 Å². The molecule has 1 aliphatic heterocycles. The number of amides is 1. The number of hydrogen-bond donors (Lipinski definition) is 1. The lowest BCUT2D eigenvalue weighted by Crippen LogP contribution is -2.49. The zero-order chi connectivity index (χ0) is 16.1. The minimum atomic E-state index is -0.466. The number of carbonyl (C=O) groups is 1. The molecule has 120 valence electrons. The molecule has 0 bridgehead atoms. The Morgan fingerprint density at radius 1 is 1.04 bits per heavy atom. The second kappa shape index (κ2) is 7.19. The zero-order valence-electron chi connectivity index (χ0n) is 12.8. The number of para-hydroxylation sites is 1. The first-order valence-electron chi connectivity index (χ1n) is 7.65. The van der Waals surface area contributed by atoms with E-state index in [1.807, 2.05) is 35.2 Å². The number of piperazine rings is 1. The minimum Gasteiger partial charge on any atom is -0.354 e. The van der Waals surface area contributed by atoms with E-state index in [0.717, 1.165) is 31.9 Å². The number of benzene rings is 1. The van der Waals surface area contributed by atoms with Crippen LogP contribution in [0.25, 0.3) is 0 Å². The molecule has 1 saturated heterocycles. The molecule has 0 spiro atoms. The summed E-state index contributed by atoms with van der Waals surface area (Å²) in [4.78, 5) is 20.1. The third kappa shape index (κ3) is 4.26. The van der Waals surface area contributed by atoms with E-state index in [1.54, 1.807) is 12.1 Å². The highest BCUT2D eigenvalue weighted by Crippen LogP contribution is 2.14. The van der Waals surface area contributed by atoms with E-state index in [9.17, 15) is 9.18 Å². The van der Waals surface area contributed by atoms with Crippen molar-refractivity contribution in [3.05, 3.63) is 54.5 Å². The van der Waals surface area contributed by atoms with Crippen LogP contribution in [0.4, 0.5) is 15.9 Å². The molecule has 2 aromatic rings. The van der Waals surface area contributed by atoms with Gasteiger partial charge in [0, 0.05) is 31.9 Å². The number of carbonyl (C=O) groups excluding carboxylic acids is 1. The smallest absolute Gasteiger partial charge is 0.238 e. The number of pyridine rings is 1. The van der Waals surface area contributed by atoms with Gasteiger partial charge in [-0.3, -0.25) is 9.69 Å². The Morgan fingerprint density at radius 3 is 2.48 bits per heavy atom. The topological polar surface area (TPSA) is 48.5 Å². The van der Waals surface area contributed by atoms with Crippen molar-refractivity contribution < 1.29 is 9.18 Å². The molecule has 3 rings (SSSR count). The number of rotatable bonds is 4. The van der Waals surface area contributed by atoms with Crippen molar-refractivity contribution in [1.82, 2.24) is 9.88 Å². The second-order valence-electron chi connectivity index (χ2n) is 5.50.